The van der Waals surface area contributed by atoms with Crippen LogP contribution in [-0.2, 0) is 4.57 Å². The fourth-order valence-electron chi connectivity index (χ4n) is 3.76. The summed E-state index contributed by atoms with van der Waals surface area (Å²) in [6.45, 7) is 13.0. The molecule has 0 aliphatic rings. The predicted octanol–water partition coefficient (Wildman–Crippen LogP) is 6.14. The van der Waals surface area contributed by atoms with Crippen molar-refractivity contribution in [2.45, 2.75) is 32.6 Å². The summed E-state index contributed by atoms with van der Waals surface area (Å²) in [5, 5.41) is 6.36. The Bertz CT molecular complexity index is 1050. The highest BCUT2D eigenvalue weighted by Gasteiger charge is 2.36. The van der Waals surface area contributed by atoms with Crippen LogP contribution in [0.15, 0.2) is 102 Å². The van der Waals surface area contributed by atoms with Crippen LogP contribution in [0.4, 0.5) is 0 Å². The Morgan fingerprint density at radius 3 is 1.77 bits per heavy atom. The number of benzene rings is 3. The van der Waals surface area contributed by atoms with E-state index in [1.165, 1.54) is 0 Å². The smallest absolute Gasteiger partial charge is 0.205 e. The molecule has 0 heterocycles. The lowest BCUT2D eigenvalue weighted by Crippen LogP contribution is -2.37. The number of aryl methyl sites for hydroxylation is 1. The minimum Gasteiger partial charge on any atom is -0.296 e. The van der Waals surface area contributed by atoms with Crippen LogP contribution in [0.25, 0.3) is 0 Å². The van der Waals surface area contributed by atoms with Gasteiger partial charge in [0.2, 0.25) is 7.29 Å². The van der Waals surface area contributed by atoms with Crippen molar-refractivity contribution in [3.05, 3.63) is 114 Å². The molecule has 4 heteroatoms. The Balaban J connectivity index is 2.23. The molecule has 0 saturated heterocycles. The Labute approximate surface area is 181 Å². The quantitative estimate of drug-likeness (QED) is 0.276. The zero-order valence-corrected chi connectivity index (χ0v) is 20.1. The zero-order chi connectivity index (χ0) is 21.8. The number of nitrogens with one attached hydrogen (secondary N) is 1. The molecule has 0 bridgehead atoms. The second-order valence-corrected chi connectivity index (χ2v) is 16.1. The summed E-state index contributed by atoms with van der Waals surface area (Å²) in [5.41, 5.74) is 5.52. The van der Waals surface area contributed by atoms with E-state index in [1.54, 1.807) is 0 Å². The van der Waals surface area contributed by atoms with Gasteiger partial charge in [-0.2, -0.15) is 0 Å². The van der Waals surface area contributed by atoms with Gasteiger partial charge in [-0.15, -0.1) is 5.73 Å². The van der Waals surface area contributed by atoms with E-state index in [4.69, 9.17) is 0 Å². The summed E-state index contributed by atoms with van der Waals surface area (Å²) in [6.07, 6.45) is 0. The SMILES string of the molecule is C=C=C([C@H](NP(=O)(c1ccccc1)c1ccccc1)c1ccccc1C)[Si](C)(C)C. The standard InChI is InChI=1S/C26H30NOPSi/c1-6-25(30(3,4)5)26(24-20-14-13-15-21(24)2)27-29(28,22-16-9-7-10-17-22)23-18-11-8-12-19-23/h7-20,26H,1H2,2-5H3,(H,27,28)/t26-/m1/s1. The van der Waals surface area contributed by atoms with E-state index < -0.39 is 15.4 Å². The molecule has 1 atom stereocenters. The molecule has 3 aromatic carbocycles. The van der Waals surface area contributed by atoms with Crippen LogP contribution >= 0.6 is 7.29 Å². The van der Waals surface area contributed by atoms with E-state index in [-0.39, 0.29) is 6.04 Å². The molecule has 0 aromatic heterocycles. The van der Waals surface area contributed by atoms with Gasteiger partial charge in [-0.1, -0.05) is 86.9 Å². The van der Waals surface area contributed by atoms with Crippen molar-refractivity contribution >= 4 is 26.0 Å². The molecule has 2 nitrogen and oxygen atoms in total. The van der Waals surface area contributed by atoms with Crippen molar-refractivity contribution in [1.29, 1.82) is 0 Å². The molecule has 154 valence electrons. The molecule has 0 spiro atoms. The molecular weight excluding hydrogens is 401 g/mol. The monoisotopic (exact) mass is 431 g/mol. The van der Waals surface area contributed by atoms with Crippen molar-refractivity contribution in [2.75, 3.05) is 0 Å². The van der Waals surface area contributed by atoms with Crippen molar-refractivity contribution in [3.63, 3.8) is 0 Å². The Kier molecular flexibility index (Phi) is 6.80. The van der Waals surface area contributed by atoms with Crippen LogP contribution in [0.1, 0.15) is 17.2 Å². The van der Waals surface area contributed by atoms with Gasteiger partial charge < -0.3 is 0 Å². The summed E-state index contributed by atoms with van der Waals surface area (Å²) < 4.78 is 14.7. The molecule has 3 aromatic rings. The third-order valence-corrected chi connectivity index (χ3v) is 10.1. The zero-order valence-electron chi connectivity index (χ0n) is 18.2. The van der Waals surface area contributed by atoms with Crippen LogP contribution in [0, 0.1) is 6.92 Å². The molecule has 0 unspecified atom stereocenters. The third kappa shape index (κ3) is 4.66. The second kappa shape index (κ2) is 9.16. The van der Waals surface area contributed by atoms with Gasteiger partial charge in [0, 0.05) is 10.6 Å². The maximum absolute atomic E-state index is 14.7. The molecule has 0 saturated carbocycles. The van der Waals surface area contributed by atoms with Gasteiger partial charge in [0.25, 0.3) is 0 Å². The lowest BCUT2D eigenvalue weighted by Gasteiger charge is -2.33. The summed E-state index contributed by atoms with van der Waals surface area (Å²) in [5.74, 6) is 0. The Morgan fingerprint density at radius 2 is 1.33 bits per heavy atom. The van der Waals surface area contributed by atoms with Crippen molar-refractivity contribution < 1.29 is 4.57 Å². The molecule has 30 heavy (non-hydrogen) atoms. The van der Waals surface area contributed by atoms with E-state index in [9.17, 15) is 4.57 Å². The molecule has 3 rings (SSSR count). The lowest BCUT2D eigenvalue weighted by molar-refractivity contribution is 0.572. The second-order valence-electron chi connectivity index (χ2n) is 8.54. The summed E-state index contributed by atoms with van der Waals surface area (Å²) in [6, 6.07) is 27.5. The average Bonchev–Trinajstić information content (AvgIpc) is 2.74. The molecule has 0 radical (unpaired) electrons. The molecular formula is C26H30NOPSi. The topological polar surface area (TPSA) is 29.1 Å². The van der Waals surface area contributed by atoms with Crippen LogP contribution in [0.5, 0.6) is 0 Å². The molecule has 0 aliphatic carbocycles. The van der Waals surface area contributed by atoms with E-state index in [0.29, 0.717) is 0 Å². The van der Waals surface area contributed by atoms with Crippen molar-refractivity contribution in [1.82, 2.24) is 5.09 Å². The molecule has 0 aliphatic heterocycles. The fourth-order valence-corrected chi connectivity index (χ4v) is 7.91. The summed E-state index contributed by atoms with van der Waals surface area (Å²) in [4.78, 5) is 0. The Morgan fingerprint density at radius 1 is 0.867 bits per heavy atom. The average molecular weight is 432 g/mol. The van der Waals surface area contributed by atoms with Gasteiger partial charge in [0.15, 0.2) is 0 Å². The normalized spacial score (nSPS) is 12.8. The minimum atomic E-state index is -3.12. The summed E-state index contributed by atoms with van der Waals surface area (Å²) in [7, 11) is -4.92. The van der Waals surface area contributed by atoms with Crippen molar-refractivity contribution in [3.8, 4) is 0 Å². The first kappa shape index (κ1) is 22.3. The predicted molar refractivity (Wildman–Crippen MR) is 133 cm³/mol. The first-order valence-corrected chi connectivity index (χ1v) is 15.4. The van der Waals surface area contributed by atoms with Gasteiger partial charge in [0.1, 0.15) is 0 Å². The van der Waals surface area contributed by atoms with Crippen molar-refractivity contribution in [2.24, 2.45) is 0 Å². The highest BCUT2D eigenvalue weighted by Crippen LogP contribution is 2.45. The van der Waals surface area contributed by atoms with Crippen LogP contribution in [0.2, 0.25) is 19.6 Å². The lowest BCUT2D eigenvalue weighted by atomic mass is 10.0. The third-order valence-electron chi connectivity index (χ3n) is 5.34. The molecule has 1 N–H and O–H groups in total. The van der Waals surface area contributed by atoms with Crippen LogP contribution in [0.3, 0.4) is 0 Å². The fraction of sp³-hybridized carbons (Fsp3) is 0.192. The number of rotatable bonds is 7. The van der Waals surface area contributed by atoms with Crippen LogP contribution in [-0.4, -0.2) is 8.07 Å². The van der Waals surface area contributed by atoms with Gasteiger partial charge in [-0.25, -0.2) is 5.09 Å². The van der Waals surface area contributed by atoms with Gasteiger partial charge in [0.05, 0.1) is 14.1 Å². The maximum Gasteiger partial charge on any atom is 0.205 e. The first-order valence-electron chi connectivity index (χ1n) is 10.2. The number of hydrogen-bond donors (Lipinski definition) is 1. The summed E-state index contributed by atoms with van der Waals surface area (Å²) >= 11 is 0. The van der Waals surface area contributed by atoms with Gasteiger partial charge in [-0.05, 0) is 47.5 Å². The Hall–Kier alpha value is -2.41. The highest BCUT2D eigenvalue weighted by molar-refractivity contribution is 7.76. The van der Waals surface area contributed by atoms with E-state index >= 15 is 0 Å². The van der Waals surface area contributed by atoms with Gasteiger partial charge >= 0.3 is 0 Å². The largest absolute Gasteiger partial charge is 0.296 e. The van der Waals surface area contributed by atoms with E-state index in [1.807, 2.05) is 72.8 Å². The van der Waals surface area contributed by atoms with E-state index in [0.717, 1.165) is 26.9 Å². The molecule has 0 amide bonds. The molecule has 0 fully saturated rings. The van der Waals surface area contributed by atoms with E-state index in [2.05, 4.69) is 56.1 Å². The van der Waals surface area contributed by atoms with Gasteiger partial charge in [-0.3, -0.25) is 4.57 Å². The maximum atomic E-state index is 14.7. The minimum absolute atomic E-state index is 0.221. The number of hydrogen-bond acceptors (Lipinski definition) is 1. The first-order chi connectivity index (χ1) is 14.3. The highest BCUT2D eigenvalue weighted by atomic mass is 31.2. The van der Waals surface area contributed by atoms with Crippen LogP contribution < -0.4 is 15.7 Å².